The van der Waals surface area contributed by atoms with Crippen molar-refractivity contribution in [2.75, 3.05) is 11.9 Å². The van der Waals surface area contributed by atoms with E-state index in [1.807, 2.05) is 39.0 Å². The molecule has 94 valence electrons. The van der Waals surface area contributed by atoms with Gasteiger partial charge in [0, 0.05) is 7.05 Å². The van der Waals surface area contributed by atoms with Gasteiger partial charge in [0.05, 0.1) is 5.69 Å². The molecule has 0 aliphatic carbocycles. The van der Waals surface area contributed by atoms with Crippen LogP contribution in [0.2, 0.25) is 0 Å². The van der Waals surface area contributed by atoms with Gasteiger partial charge in [-0.1, -0.05) is 19.9 Å². The van der Waals surface area contributed by atoms with E-state index in [1.54, 1.807) is 25.8 Å². The molecule has 0 aromatic heterocycles. The largest absolute Gasteiger partial charge is 0.476 e. The second kappa shape index (κ2) is 4.78. The summed E-state index contributed by atoms with van der Waals surface area (Å²) in [4.78, 5) is 13.5. The molecule has 0 spiro atoms. The number of aryl methyl sites for hydroxylation is 1. The minimum atomic E-state index is -0.768. The average molecular weight is 235 g/mol. The Hall–Kier alpha value is -1.51. The van der Waals surface area contributed by atoms with Crippen LogP contribution in [0.3, 0.4) is 0 Å². The third kappa shape index (κ3) is 2.43. The van der Waals surface area contributed by atoms with E-state index in [0.717, 1.165) is 17.0 Å². The van der Waals surface area contributed by atoms with Crippen LogP contribution in [0.5, 0.6) is 5.75 Å². The molecule has 0 atom stereocenters. The molecule has 0 N–H and O–H groups in total. The third-order valence-corrected chi connectivity index (χ3v) is 2.66. The fourth-order valence-corrected chi connectivity index (χ4v) is 1.81. The quantitative estimate of drug-likeness (QED) is 0.691. The van der Waals surface area contributed by atoms with Crippen LogP contribution < -0.4 is 9.64 Å². The zero-order valence-electron chi connectivity index (χ0n) is 11.5. The standard InChI is InChI=1S/C12H15NO2.C2H6/c1-8-5-6-9-10(7-8)15-12(2,3)11(14)13(9)4;1-2/h5-7H,1-4H3;1-2H3. The minimum Gasteiger partial charge on any atom is -0.476 e. The first-order valence-electron chi connectivity index (χ1n) is 5.99. The average Bonchev–Trinajstić information content (AvgIpc) is 2.28. The first kappa shape index (κ1) is 13.6. The van der Waals surface area contributed by atoms with Crippen LogP contribution >= 0.6 is 0 Å². The van der Waals surface area contributed by atoms with Gasteiger partial charge in [-0.05, 0) is 38.5 Å². The summed E-state index contributed by atoms with van der Waals surface area (Å²) in [6.45, 7) is 9.58. The summed E-state index contributed by atoms with van der Waals surface area (Å²) in [7, 11) is 1.78. The highest BCUT2D eigenvalue weighted by molar-refractivity contribution is 6.01. The van der Waals surface area contributed by atoms with Crippen molar-refractivity contribution in [1.29, 1.82) is 0 Å². The molecule has 1 heterocycles. The second-order valence-corrected chi connectivity index (χ2v) is 4.45. The zero-order chi connectivity index (χ0) is 13.2. The highest BCUT2D eigenvalue weighted by Crippen LogP contribution is 2.37. The van der Waals surface area contributed by atoms with E-state index in [1.165, 1.54) is 0 Å². The number of carbonyl (C=O) groups excluding carboxylic acids is 1. The van der Waals surface area contributed by atoms with Crippen LogP contribution in [0.25, 0.3) is 0 Å². The number of ether oxygens (including phenoxy) is 1. The maximum Gasteiger partial charge on any atom is 0.270 e. The van der Waals surface area contributed by atoms with Gasteiger partial charge in [-0.25, -0.2) is 0 Å². The molecule has 0 saturated carbocycles. The Morgan fingerprint density at radius 1 is 1.24 bits per heavy atom. The van der Waals surface area contributed by atoms with E-state index in [9.17, 15) is 4.79 Å². The molecule has 3 nitrogen and oxygen atoms in total. The van der Waals surface area contributed by atoms with Gasteiger partial charge in [-0.3, -0.25) is 4.79 Å². The van der Waals surface area contributed by atoms with E-state index >= 15 is 0 Å². The number of likely N-dealkylation sites (N-methyl/N-ethyl adjacent to an activating group) is 1. The minimum absolute atomic E-state index is 0.0150. The molecule has 0 unspecified atom stereocenters. The van der Waals surface area contributed by atoms with Crippen molar-refractivity contribution in [3.63, 3.8) is 0 Å². The molecule has 2 rings (SSSR count). The lowest BCUT2D eigenvalue weighted by molar-refractivity contribution is -0.132. The van der Waals surface area contributed by atoms with E-state index in [0.29, 0.717) is 0 Å². The first-order chi connectivity index (χ1) is 7.92. The Kier molecular flexibility index (Phi) is 3.81. The van der Waals surface area contributed by atoms with E-state index in [2.05, 4.69) is 0 Å². The van der Waals surface area contributed by atoms with Gasteiger partial charge in [-0.15, -0.1) is 0 Å². The summed E-state index contributed by atoms with van der Waals surface area (Å²) in [6, 6.07) is 5.85. The fourth-order valence-electron chi connectivity index (χ4n) is 1.81. The lowest BCUT2D eigenvalue weighted by atomic mass is 10.0. The van der Waals surface area contributed by atoms with Crippen LogP contribution in [0.15, 0.2) is 18.2 Å². The van der Waals surface area contributed by atoms with Crippen LogP contribution in [-0.2, 0) is 4.79 Å². The molecule has 3 heteroatoms. The monoisotopic (exact) mass is 235 g/mol. The third-order valence-electron chi connectivity index (χ3n) is 2.66. The predicted octanol–water partition coefficient (Wildman–Crippen LogP) is 3.16. The number of hydrogen-bond donors (Lipinski definition) is 0. The number of hydrogen-bond acceptors (Lipinski definition) is 2. The van der Waals surface area contributed by atoms with E-state index in [4.69, 9.17) is 4.74 Å². The fraction of sp³-hybridized carbons (Fsp3) is 0.500. The van der Waals surface area contributed by atoms with Crippen LogP contribution in [0.1, 0.15) is 33.3 Å². The summed E-state index contributed by atoms with van der Waals surface area (Å²) in [6.07, 6.45) is 0. The lowest BCUT2D eigenvalue weighted by Gasteiger charge is -2.36. The highest BCUT2D eigenvalue weighted by atomic mass is 16.5. The van der Waals surface area contributed by atoms with Crippen LogP contribution in [-0.4, -0.2) is 18.6 Å². The van der Waals surface area contributed by atoms with E-state index in [-0.39, 0.29) is 5.91 Å². The molecule has 1 aromatic rings. The number of rotatable bonds is 0. The van der Waals surface area contributed by atoms with Crippen molar-refractivity contribution in [2.45, 2.75) is 40.2 Å². The molecule has 1 amide bonds. The summed E-state index contributed by atoms with van der Waals surface area (Å²) >= 11 is 0. The number of anilines is 1. The molecular weight excluding hydrogens is 214 g/mol. The van der Waals surface area contributed by atoms with Crippen LogP contribution in [0.4, 0.5) is 5.69 Å². The molecule has 17 heavy (non-hydrogen) atoms. The van der Waals surface area contributed by atoms with Crippen molar-refractivity contribution >= 4 is 11.6 Å². The first-order valence-corrected chi connectivity index (χ1v) is 5.99. The van der Waals surface area contributed by atoms with Gasteiger partial charge in [0.15, 0.2) is 5.60 Å². The molecule has 0 fully saturated rings. The molecule has 0 bridgehead atoms. The zero-order valence-corrected chi connectivity index (χ0v) is 11.5. The molecule has 0 saturated heterocycles. The van der Waals surface area contributed by atoms with Crippen molar-refractivity contribution in [3.05, 3.63) is 23.8 Å². The summed E-state index contributed by atoms with van der Waals surface area (Å²) < 4.78 is 5.69. The highest BCUT2D eigenvalue weighted by Gasteiger charge is 2.38. The number of amides is 1. The second-order valence-electron chi connectivity index (χ2n) is 4.45. The molecule has 1 aromatic carbocycles. The Morgan fingerprint density at radius 2 is 1.82 bits per heavy atom. The maximum atomic E-state index is 11.9. The van der Waals surface area contributed by atoms with Crippen molar-refractivity contribution < 1.29 is 9.53 Å². The van der Waals surface area contributed by atoms with Gasteiger partial charge >= 0.3 is 0 Å². The van der Waals surface area contributed by atoms with E-state index < -0.39 is 5.60 Å². The summed E-state index contributed by atoms with van der Waals surface area (Å²) in [5.41, 5.74) is 1.20. The predicted molar refractivity (Wildman–Crippen MR) is 70.6 cm³/mol. The summed E-state index contributed by atoms with van der Waals surface area (Å²) in [5, 5.41) is 0. The van der Waals surface area contributed by atoms with Gasteiger partial charge in [-0.2, -0.15) is 0 Å². The molecule has 1 aliphatic rings. The molecule has 0 radical (unpaired) electrons. The Morgan fingerprint density at radius 3 is 2.41 bits per heavy atom. The van der Waals surface area contributed by atoms with Gasteiger partial charge in [0.25, 0.3) is 5.91 Å². The smallest absolute Gasteiger partial charge is 0.270 e. The SMILES string of the molecule is CC.Cc1ccc2c(c1)OC(C)(C)C(=O)N2C. The normalized spacial score (nSPS) is 16.6. The van der Waals surface area contributed by atoms with Crippen molar-refractivity contribution in [2.24, 2.45) is 0 Å². The van der Waals surface area contributed by atoms with Gasteiger partial charge in [0.1, 0.15) is 5.75 Å². The Balaban J connectivity index is 0.000000686. The number of carbonyl (C=O) groups is 1. The number of fused-ring (bicyclic) bond motifs is 1. The van der Waals surface area contributed by atoms with Gasteiger partial charge < -0.3 is 9.64 Å². The topological polar surface area (TPSA) is 29.5 Å². The number of nitrogens with zero attached hydrogens (tertiary/aromatic N) is 1. The summed E-state index contributed by atoms with van der Waals surface area (Å²) in [5.74, 6) is 0.765. The Bertz CT molecular complexity index is 424. The maximum absolute atomic E-state index is 11.9. The van der Waals surface area contributed by atoms with Crippen LogP contribution in [0, 0.1) is 6.92 Å². The molecule has 1 aliphatic heterocycles. The lowest BCUT2D eigenvalue weighted by Crippen LogP contribution is -2.50. The van der Waals surface area contributed by atoms with Crippen molar-refractivity contribution in [1.82, 2.24) is 0 Å². The Labute approximate surface area is 103 Å². The van der Waals surface area contributed by atoms with Gasteiger partial charge in [0.2, 0.25) is 0 Å². The van der Waals surface area contributed by atoms with Crippen molar-refractivity contribution in [3.8, 4) is 5.75 Å². The number of benzene rings is 1. The molecular formula is C14H21NO2.